The predicted molar refractivity (Wildman–Crippen MR) is 112 cm³/mol. The minimum absolute atomic E-state index is 0.213. The molecule has 3 rings (SSSR count). The molecule has 1 fully saturated rings. The normalized spacial score (nSPS) is 15.5. The van der Waals surface area contributed by atoms with Crippen molar-refractivity contribution in [2.24, 2.45) is 0 Å². The molecule has 29 heavy (non-hydrogen) atoms. The van der Waals surface area contributed by atoms with Crippen molar-refractivity contribution < 1.29 is 23.9 Å². The van der Waals surface area contributed by atoms with E-state index < -0.39 is 17.8 Å². The number of urea groups is 1. The number of carbonyl (C=O) groups excluding carboxylic acids is 3. The second-order valence-electron chi connectivity index (χ2n) is 5.90. The molecular weight excluding hydrogens is 464 g/mol. The second kappa shape index (κ2) is 8.67. The first-order chi connectivity index (χ1) is 13.8. The van der Waals surface area contributed by atoms with Gasteiger partial charge in [0.1, 0.15) is 5.57 Å². The van der Waals surface area contributed by atoms with Gasteiger partial charge >= 0.3 is 6.03 Å². The third-order valence-corrected chi connectivity index (χ3v) is 4.85. The lowest BCUT2D eigenvalue weighted by Crippen LogP contribution is -2.54. The van der Waals surface area contributed by atoms with Crippen molar-refractivity contribution in [3.63, 3.8) is 0 Å². The first kappa shape index (κ1) is 20.9. The number of anilines is 1. The Bertz CT molecular complexity index is 1020. The smallest absolute Gasteiger partial charge is 0.335 e. The summed E-state index contributed by atoms with van der Waals surface area (Å²) in [5.41, 5.74) is 0.560. The fraction of sp³-hybridized carbons (Fsp3) is 0.150. The van der Waals surface area contributed by atoms with Crippen LogP contribution in [0.1, 0.15) is 12.5 Å². The lowest BCUT2D eigenvalue weighted by atomic mass is 10.1. The van der Waals surface area contributed by atoms with Gasteiger partial charge in [0.2, 0.25) is 0 Å². The summed E-state index contributed by atoms with van der Waals surface area (Å²) in [5.74, 6) is -0.817. The zero-order chi connectivity index (χ0) is 21.1. The van der Waals surface area contributed by atoms with Crippen molar-refractivity contribution in [1.29, 1.82) is 0 Å². The van der Waals surface area contributed by atoms with E-state index in [2.05, 4.69) is 21.2 Å². The van der Waals surface area contributed by atoms with Crippen LogP contribution in [0, 0.1) is 0 Å². The summed E-state index contributed by atoms with van der Waals surface area (Å²) in [6.45, 7) is 2.20. The third-order valence-electron chi connectivity index (χ3n) is 4.04. The Morgan fingerprint density at radius 2 is 1.86 bits per heavy atom. The number of hydrogen-bond acceptors (Lipinski definition) is 5. The number of barbiturate groups is 1. The molecule has 0 radical (unpaired) electrons. The van der Waals surface area contributed by atoms with Crippen LogP contribution < -0.4 is 19.7 Å². The van der Waals surface area contributed by atoms with Crippen molar-refractivity contribution in [3.8, 4) is 11.5 Å². The molecule has 150 valence electrons. The lowest BCUT2D eigenvalue weighted by Gasteiger charge is -2.26. The zero-order valence-electron chi connectivity index (χ0n) is 15.5. The number of halogens is 2. The molecule has 1 aliphatic rings. The van der Waals surface area contributed by atoms with Gasteiger partial charge in [0.25, 0.3) is 11.8 Å². The van der Waals surface area contributed by atoms with Gasteiger partial charge in [-0.15, -0.1) is 0 Å². The van der Waals surface area contributed by atoms with E-state index in [1.807, 2.05) is 6.92 Å². The summed E-state index contributed by atoms with van der Waals surface area (Å²) < 4.78 is 11.5. The van der Waals surface area contributed by atoms with E-state index in [9.17, 15) is 14.4 Å². The van der Waals surface area contributed by atoms with Gasteiger partial charge in [0.05, 0.1) is 24.4 Å². The summed E-state index contributed by atoms with van der Waals surface area (Å²) in [5, 5.41) is 2.44. The van der Waals surface area contributed by atoms with Crippen molar-refractivity contribution in [2.75, 3.05) is 18.6 Å². The van der Waals surface area contributed by atoms with Crippen LogP contribution in [0.3, 0.4) is 0 Å². The number of hydrogen-bond donors (Lipinski definition) is 1. The van der Waals surface area contributed by atoms with Gasteiger partial charge in [0.15, 0.2) is 11.5 Å². The van der Waals surface area contributed by atoms with Gasteiger partial charge in [-0.2, -0.15) is 0 Å². The molecule has 0 saturated carbocycles. The molecule has 9 heteroatoms. The first-order valence-electron chi connectivity index (χ1n) is 8.53. The summed E-state index contributed by atoms with van der Waals surface area (Å²) >= 11 is 9.55. The molecule has 0 atom stereocenters. The largest absolute Gasteiger partial charge is 0.493 e. The highest BCUT2D eigenvalue weighted by Crippen LogP contribution is 2.37. The number of rotatable bonds is 5. The first-order valence-corrected chi connectivity index (χ1v) is 9.70. The Balaban J connectivity index is 2.02. The van der Waals surface area contributed by atoms with Gasteiger partial charge in [-0.1, -0.05) is 27.5 Å². The molecule has 1 aliphatic heterocycles. The fourth-order valence-electron chi connectivity index (χ4n) is 2.76. The van der Waals surface area contributed by atoms with Gasteiger partial charge in [-0.25, -0.2) is 9.69 Å². The quantitative estimate of drug-likeness (QED) is 0.514. The van der Waals surface area contributed by atoms with Crippen molar-refractivity contribution in [1.82, 2.24) is 5.32 Å². The summed E-state index contributed by atoms with van der Waals surface area (Å²) in [4.78, 5) is 38.4. The molecule has 0 spiro atoms. The Labute approximate surface area is 180 Å². The van der Waals surface area contributed by atoms with E-state index in [0.717, 1.165) is 9.37 Å². The minimum Gasteiger partial charge on any atom is -0.493 e. The van der Waals surface area contributed by atoms with E-state index >= 15 is 0 Å². The summed E-state index contributed by atoms with van der Waals surface area (Å²) in [6, 6.07) is 8.87. The van der Waals surface area contributed by atoms with Crippen LogP contribution in [0.4, 0.5) is 10.5 Å². The van der Waals surface area contributed by atoms with Crippen LogP contribution >= 0.6 is 27.5 Å². The average Bonchev–Trinajstić information content (AvgIpc) is 2.68. The maximum Gasteiger partial charge on any atom is 0.335 e. The molecule has 0 unspecified atom stereocenters. The van der Waals surface area contributed by atoms with Crippen LogP contribution in [0.5, 0.6) is 11.5 Å². The monoisotopic (exact) mass is 478 g/mol. The minimum atomic E-state index is -0.818. The van der Waals surface area contributed by atoms with E-state index in [1.165, 1.54) is 13.2 Å². The molecule has 0 aliphatic carbocycles. The molecule has 2 aromatic carbocycles. The number of carbonyl (C=O) groups is 3. The number of benzene rings is 2. The molecule has 1 saturated heterocycles. The number of amides is 4. The van der Waals surface area contributed by atoms with Gasteiger partial charge in [-0.3, -0.25) is 14.9 Å². The van der Waals surface area contributed by atoms with Crippen LogP contribution in [0.25, 0.3) is 6.08 Å². The Kier molecular flexibility index (Phi) is 6.24. The number of nitrogens with zero attached hydrogens (tertiary/aromatic N) is 1. The fourth-order valence-corrected chi connectivity index (χ4v) is 3.29. The topological polar surface area (TPSA) is 84.9 Å². The Morgan fingerprint density at radius 3 is 2.48 bits per heavy atom. The Hall–Kier alpha value is -2.84. The molecular formula is C20H16BrClN2O5. The number of ether oxygens (including phenoxy) is 2. The summed E-state index contributed by atoms with van der Waals surface area (Å²) in [6.07, 6.45) is 1.35. The van der Waals surface area contributed by atoms with Gasteiger partial charge < -0.3 is 9.47 Å². The maximum absolute atomic E-state index is 12.9. The van der Waals surface area contributed by atoms with Crippen LogP contribution in [0.15, 0.2) is 46.4 Å². The van der Waals surface area contributed by atoms with E-state index in [1.54, 1.807) is 36.4 Å². The van der Waals surface area contributed by atoms with Crippen molar-refractivity contribution in [3.05, 3.63) is 57.0 Å². The SMILES string of the molecule is CCOc1c(Cl)cc(/C=C2\C(=O)NC(=O)N(c3ccc(Br)cc3)C2=O)cc1OC. The second-order valence-corrected chi connectivity index (χ2v) is 7.22. The van der Waals surface area contributed by atoms with E-state index in [-0.39, 0.29) is 10.6 Å². The molecule has 1 N–H and O–H groups in total. The molecule has 0 bridgehead atoms. The van der Waals surface area contributed by atoms with Crippen molar-refractivity contribution >= 4 is 57.1 Å². The molecule has 0 aromatic heterocycles. The third kappa shape index (κ3) is 4.28. The van der Waals surface area contributed by atoms with Crippen LogP contribution in [0.2, 0.25) is 5.02 Å². The lowest BCUT2D eigenvalue weighted by molar-refractivity contribution is -0.122. The van der Waals surface area contributed by atoms with E-state index in [4.69, 9.17) is 21.1 Å². The number of nitrogens with one attached hydrogen (secondary N) is 1. The molecule has 1 heterocycles. The predicted octanol–water partition coefficient (Wildman–Crippen LogP) is 4.18. The highest BCUT2D eigenvalue weighted by molar-refractivity contribution is 9.10. The van der Waals surface area contributed by atoms with Crippen LogP contribution in [-0.4, -0.2) is 31.6 Å². The highest BCUT2D eigenvalue weighted by Gasteiger charge is 2.36. The van der Waals surface area contributed by atoms with Gasteiger partial charge in [-0.05, 0) is 55.0 Å². The molecule has 7 nitrogen and oxygen atoms in total. The van der Waals surface area contributed by atoms with E-state index in [0.29, 0.717) is 29.4 Å². The number of imide groups is 2. The maximum atomic E-state index is 12.9. The van der Waals surface area contributed by atoms with Crippen LogP contribution in [-0.2, 0) is 9.59 Å². The Morgan fingerprint density at radius 1 is 1.17 bits per heavy atom. The standard InChI is InChI=1S/C20H16BrClN2O5/c1-3-29-17-15(22)9-11(10-16(17)28-2)8-14-18(25)23-20(27)24(19(14)26)13-6-4-12(21)5-7-13/h4-10H,3H2,1-2H3,(H,23,25,27)/b14-8+. The zero-order valence-corrected chi connectivity index (χ0v) is 17.8. The highest BCUT2D eigenvalue weighted by atomic mass is 79.9. The molecule has 4 amide bonds. The molecule has 2 aromatic rings. The average molecular weight is 480 g/mol. The number of methoxy groups -OCH3 is 1. The van der Waals surface area contributed by atoms with Gasteiger partial charge in [0, 0.05) is 4.47 Å². The van der Waals surface area contributed by atoms with Crippen molar-refractivity contribution in [2.45, 2.75) is 6.92 Å². The summed E-state index contributed by atoms with van der Waals surface area (Å²) in [7, 11) is 1.46.